The number of para-hydroxylation sites is 1. The van der Waals surface area contributed by atoms with Gasteiger partial charge in [-0.05, 0) is 0 Å². The Bertz CT molecular complexity index is 3850. The average Bonchev–Trinajstić information content (AvgIpc) is 4.09. The zero-order chi connectivity index (χ0) is 53.8. The maximum atomic E-state index is 2.72. The monoisotopic (exact) mass is 1080 g/mol. The molecule has 0 aliphatic carbocycles. The summed E-state index contributed by atoms with van der Waals surface area (Å²) in [5, 5.41) is 1.33. The van der Waals surface area contributed by atoms with Crippen molar-refractivity contribution in [2.75, 3.05) is 9.80 Å². The molecule has 0 unspecified atom stereocenters. The summed E-state index contributed by atoms with van der Waals surface area (Å²) in [4.78, 5) is 5.23. The van der Waals surface area contributed by atoms with Crippen molar-refractivity contribution in [2.45, 2.75) is 105 Å². The van der Waals surface area contributed by atoms with Gasteiger partial charge in [-0.25, -0.2) is 0 Å². The summed E-state index contributed by atoms with van der Waals surface area (Å²) in [7, 11) is 0. The van der Waals surface area contributed by atoms with Gasteiger partial charge in [0.2, 0.25) is 0 Å². The second kappa shape index (κ2) is 18.9. The molecular formula is C72H69BN2SSe. The maximum absolute atomic E-state index is 2.72. The van der Waals surface area contributed by atoms with Crippen molar-refractivity contribution in [3.05, 3.63) is 222 Å². The minimum atomic E-state index is -0.0624. The zero-order valence-corrected chi connectivity index (χ0v) is 49.4. The molecule has 9 aromatic carbocycles. The quantitative estimate of drug-likeness (QED) is 0.147. The van der Waals surface area contributed by atoms with Gasteiger partial charge in [0.1, 0.15) is 0 Å². The third-order valence-corrected chi connectivity index (χ3v) is 19.5. The number of hydrogen-bond acceptors (Lipinski definition) is 3. The number of anilines is 6. The Kier molecular flexibility index (Phi) is 12.5. The molecule has 0 fully saturated rings. The van der Waals surface area contributed by atoms with Gasteiger partial charge < -0.3 is 0 Å². The van der Waals surface area contributed by atoms with Gasteiger partial charge in [-0.2, -0.15) is 0 Å². The normalized spacial score (nSPS) is 13.4. The summed E-state index contributed by atoms with van der Waals surface area (Å²) in [6.07, 6.45) is 0. The summed E-state index contributed by atoms with van der Waals surface area (Å²) >= 11 is 1.95. The van der Waals surface area contributed by atoms with Crippen molar-refractivity contribution in [3.8, 4) is 33.4 Å². The molecule has 0 spiro atoms. The third-order valence-electron chi connectivity index (χ3n) is 15.9. The van der Waals surface area contributed by atoms with E-state index in [2.05, 4.69) is 293 Å². The van der Waals surface area contributed by atoms with E-state index in [1.54, 1.807) is 0 Å². The van der Waals surface area contributed by atoms with E-state index < -0.39 is 0 Å². The van der Waals surface area contributed by atoms with Crippen LogP contribution in [0.15, 0.2) is 200 Å². The van der Waals surface area contributed by atoms with E-state index in [1.807, 2.05) is 11.3 Å². The summed E-state index contributed by atoms with van der Waals surface area (Å²) < 4.78 is 5.62. The molecule has 77 heavy (non-hydrogen) atoms. The fourth-order valence-corrected chi connectivity index (χ4v) is 15.4. The minimum absolute atomic E-state index is 0.0259. The first-order valence-corrected chi connectivity index (χ1v) is 30.0. The molecular weight excluding hydrogens is 1010 g/mol. The van der Waals surface area contributed by atoms with Crippen LogP contribution in [-0.4, -0.2) is 21.7 Å². The first-order valence-electron chi connectivity index (χ1n) is 27.4. The van der Waals surface area contributed by atoms with Gasteiger partial charge in [-0.3, -0.25) is 0 Å². The molecule has 1 aromatic heterocycles. The van der Waals surface area contributed by atoms with Crippen LogP contribution in [-0.2, 0) is 21.7 Å². The third kappa shape index (κ3) is 9.29. The molecule has 0 atom stereocenters. The van der Waals surface area contributed by atoms with Gasteiger partial charge in [0.25, 0.3) is 0 Å². The predicted molar refractivity (Wildman–Crippen MR) is 338 cm³/mol. The second-order valence-corrected chi connectivity index (χ2v) is 28.8. The van der Waals surface area contributed by atoms with Crippen molar-refractivity contribution in [1.29, 1.82) is 0 Å². The van der Waals surface area contributed by atoms with Crippen LogP contribution >= 0.6 is 11.3 Å². The molecule has 2 aliphatic rings. The van der Waals surface area contributed by atoms with Gasteiger partial charge in [-0.1, -0.05) is 0 Å². The van der Waals surface area contributed by atoms with Crippen LogP contribution < -0.4 is 34.4 Å². The van der Waals surface area contributed by atoms with Gasteiger partial charge in [0.05, 0.1) is 0 Å². The van der Waals surface area contributed by atoms with Crippen LogP contribution in [0.25, 0.3) is 43.5 Å². The number of benzene rings is 9. The first kappa shape index (κ1) is 50.9. The van der Waals surface area contributed by atoms with E-state index in [4.69, 9.17) is 0 Å². The molecule has 10 aromatic rings. The van der Waals surface area contributed by atoms with Gasteiger partial charge in [0, 0.05) is 0 Å². The summed E-state index contributed by atoms with van der Waals surface area (Å²) in [5.41, 5.74) is 22.8. The Hall–Kier alpha value is -6.88. The topological polar surface area (TPSA) is 6.48 Å². The first-order chi connectivity index (χ1) is 36.7. The SMILES string of the molecule is CC(C)(C)c1ccc(N(c2ccc3c(c2)[Se]c2cc(-c4ccccc4-c4ccccc4)cc4c2B3c2sc3ccc(C(C)(C)C)cc3c2N4c2cc(C(C)(C)C)cc(C(C)(C)C)c2)c2ccccc2-c2ccccc2)cc1. The molecule has 0 amide bonds. The van der Waals surface area contributed by atoms with Crippen LogP contribution in [0.1, 0.15) is 105 Å². The molecule has 0 saturated heterocycles. The number of fused-ring (bicyclic) bond motifs is 6. The van der Waals surface area contributed by atoms with E-state index in [0.717, 1.165) is 11.4 Å². The van der Waals surface area contributed by atoms with Crippen LogP contribution in [0, 0.1) is 0 Å². The molecule has 0 N–H and O–H groups in total. The van der Waals surface area contributed by atoms with E-state index >= 15 is 0 Å². The van der Waals surface area contributed by atoms with Crippen molar-refractivity contribution in [3.63, 3.8) is 0 Å². The molecule has 0 radical (unpaired) electrons. The Morgan fingerprint density at radius 3 is 1.57 bits per heavy atom. The zero-order valence-electron chi connectivity index (χ0n) is 46.8. The van der Waals surface area contributed by atoms with E-state index in [-0.39, 0.29) is 43.3 Å². The average molecular weight is 1080 g/mol. The number of thiophene rings is 1. The van der Waals surface area contributed by atoms with Crippen LogP contribution in [0.4, 0.5) is 34.1 Å². The van der Waals surface area contributed by atoms with E-state index in [9.17, 15) is 0 Å². The van der Waals surface area contributed by atoms with Crippen LogP contribution in [0.3, 0.4) is 0 Å². The standard InChI is InChI=1S/C72H69BN2SSe/c1-69(2,3)49-31-34-53(35-32-49)74(61-30-22-21-29-58(61)47-25-17-14-18-26-47)54-36-37-60-64(45-54)77-65-40-48(57-28-20-19-27-56(57)46-23-15-13-16-24-46)39-62-66(65)73(60)68-67(59-44-50(70(4,5)6)33-38-63(59)76-68)75(62)55-42-51(71(7,8)9)41-52(43-55)72(10,11)12/h13-45H,1-12H3. The summed E-state index contributed by atoms with van der Waals surface area (Å²) in [5.74, 6) is 0. The van der Waals surface area contributed by atoms with E-state index in [0.29, 0.717) is 0 Å². The van der Waals surface area contributed by atoms with Crippen molar-refractivity contribution in [1.82, 2.24) is 0 Å². The molecule has 12 rings (SSSR count). The van der Waals surface area contributed by atoms with Gasteiger partial charge >= 0.3 is 472 Å². The molecule has 2 aliphatic heterocycles. The van der Waals surface area contributed by atoms with Crippen LogP contribution in [0.2, 0.25) is 0 Å². The number of nitrogens with zero attached hydrogens (tertiary/aromatic N) is 2. The molecule has 3 heterocycles. The van der Waals surface area contributed by atoms with Crippen molar-refractivity contribution in [2.24, 2.45) is 0 Å². The fraction of sp³-hybridized carbons (Fsp3) is 0.222. The van der Waals surface area contributed by atoms with Gasteiger partial charge in [0.15, 0.2) is 0 Å². The van der Waals surface area contributed by atoms with Gasteiger partial charge in [-0.15, -0.1) is 0 Å². The molecule has 5 heteroatoms. The molecule has 0 saturated carbocycles. The summed E-state index contributed by atoms with van der Waals surface area (Å²) in [6.45, 7) is 28.2. The van der Waals surface area contributed by atoms with Crippen LogP contribution in [0.5, 0.6) is 0 Å². The van der Waals surface area contributed by atoms with Crippen molar-refractivity contribution < 1.29 is 0 Å². The Morgan fingerprint density at radius 2 is 0.961 bits per heavy atom. The van der Waals surface area contributed by atoms with E-state index in [1.165, 1.54) is 113 Å². The molecule has 2 nitrogen and oxygen atoms in total. The number of rotatable bonds is 7. The second-order valence-electron chi connectivity index (χ2n) is 25.5. The Morgan fingerprint density at radius 1 is 0.429 bits per heavy atom. The summed E-state index contributed by atoms with van der Waals surface area (Å²) in [6, 6.07) is 76.6. The Balaban J connectivity index is 1.15. The fourth-order valence-electron chi connectivity index (χ4n) is 11.5. The molecule has 0 bridgehead atoms. The Labute approximate surface area is 469 Å². The molecule has 382 valence electrons. The number of hydrogen-bond donors (Lipinski definition) is 0. The van der Waals surface area contributed by atoms with Crippen molar-refractivity contribution >= 4 is 102 Å². The predicted octanol–water partition coefficient (Wildman–Crippen LogP) is 16.8.